The molecule has 0 bridgehead atoms. The predicted molar refractivity (Wildman–Crippen MR) is 107 cm³/mol. The Morgan fingerprint density at radius 3 is 2.67 bits per heavy atom. The lowest BCUT2D eigenvalue weighted by Crippen LogP contribution is -2.29. The van der Waals surface area contributed by atoms with Crippen LogP contribution in [0.4, 0.5) is 0 Å². The molecule has 1 atom stereocenters. The molecule has 2 aliphatic rings. The van der Waals surface area contributed by atoms with Gasteiger partial charge in [0.1, 0.15) is 0 Å². The third-order valence-corrected chi connectivity index (χ3v) is 6.01. The molecule has 4 heterocycles. The zero-order valence-corrected chi connectivity index (χ0v) is 15.5. The molecule has 5 heteroatoms. The number of aromatic nitrogens is 3. The van der Waals surface area contributed by atoms with E-state index in [1.165, 1.54) is 44.6 Å². The van der Waals surface area contributed by atoms with Gasteiger partial charge in [-0.3, -0.25) is 9.88 Å². The van der Waals surface area contributed by atoms with E-state index in [1.807, 2.05) is 35.3 Å². The minimum absolute atomic E-state index is 0.492. The van der Waals surface area contributed by atoms with Gasteiger partial charge >= 0.3 is 0 Å². The van der Waals surface area contributed by atoms with E-state index in [2.05, 4.69) is 45.7 Å². The molecule has 0 saturated carbocycles. The Hall–Kier alpha value is -2.50. The van der Waals surface area contributed by atoms with E-state index in [9.17, 15) is 0 Å². The lowest BCUT2D eigenvalue weighted by Gasteiger charge is -2.22. The van der Waals surface area contributed by atoms with Crippen molar-refractivity contribution in [3.63, 3.8) is 0 Å². The van der Waals surface area contributed by atoms with Crippen molar-refractivity contribution < 1.29 is 0 Å². The first kappa shape index (κ1) is 16.7. The zero-order valence-electron chi connectivity index (χ0n) is 15.5. The lowest BCUT2D eigenvalue weighted by atomic mass is 9.86. The van der Waals surface area contributed by atoms with Gasteiger partial charge in [0.05, 0.1) is 11.4 Å². The standard InChI is InChI=1S/C22H25N5/c1-2-4-20(5-3-1)27-15-19(21(25-27)18-6-10-23-11-7-18)14-26-13-9-22(17-26)8-12-24-16-22/h1-7,10-11,15,24H,8-9,12-14,16-17H2. The van der Waals surface area contributed by atoms with Gasteiger partial charge in [0, 0.05) is 49.4 Å². The van der Waals surface area contributed by atoms with Gasteiger partial charge in [0.2, 0.25) is 0 Å². The van der Waals surface area contributed by atoms with Crippen molar-refractivity contribution in [2.24, 2.45) is 5.41 Å². The van der Waals surface area contributed by atoms with E-state index < -0.39 is 0 Å². The summed E-state index contributed by atoms with van der Waals surface area (Å²) in [5, 5.41) is 8.48. The highest BCUT2D eigenvalue weighted by Crippen LogP contribution is 2.37. The molecule has 1 N–H and O–H groups in total. The molecule has 5 nitrogen and oxygen atoms in total. The van der Waals surface area contributed by atoms with Crippen LogP contribution in [-0.2, 0) is 6.54 Å². The smallest absolute Gasteiger partial charge is 0.0973 e. The number of nitrogens with zero attached hydrogens (tertiary/aromatic N) is 4. The van der Waals surface area contributed by atoms with Gasteiger partial charge in [-0.15, -0.1) is 0 Å². The van der Waals surface area contributed by atoms with E-state index in [4.69, 9.17) is 5.10 Å². The Morgan fingerprint density at radius 2 is 1.89 bits per heavy atom. The van der Waals surface area contributed by atoms with Crippen molar-refractivity contribution in [3.8, 4) is 16.9 Å². The number of hydrogen-bond donors (Lipinski definition) is 1. The molecule has 0 aliphatic carbocycles. The third-order valence-electron chi connectivity index (χ3n) is 6.01. The lowest BCUT2D eigenvalue weighted by molar-refractivity contribution is 0.269. The van der Waals surface area contributed by atoms with Gasteiger partial charge in [-0.25, -0.2) is 4.68 Å². The molecule has 2 saturated heterocycles. The van der Waals surface area contributed by atoms with E-state index in [0.717, 1.165) is 23.5 Å². The summed E-state index contributed by atoms with van der Waals surface area (Å²) in [5.41, 5.74) is 5.06. The fourth-order valence-corrected chi connectivity index (χ4v) is 4.54. The average Bonchev–Trinajstić information content (AvgIpc) is 3.45. The number of nitrogens with one attached hydrogen (secondary N) is 1. The van der Waals surface area contributed by atoms with Gasteiger partial charge in [0.25, 0.3) is 0 Å². The molecule has 1 unspecified atom stereocenters. The second-order valence-corrected chi connectivity index (χ2v) is 7.91. The van der Waals surface area contributed by atoms with Crippen LogP contribution in [0.15, 0.2) is 61.1 Å². The molecule has 0 amide bonds. The highest BCUT2D eigenvalue weighted by Gasteiger charge is 2.40. The zero-order chi connectivity index (χ0) is 18.1. The van der Waals surface area contributed by atoms with Crippen molar-refractivity contribution in [2.75, 3.05) is 26.2 Å². The first-order valence-electron chi connectivity index (χ1n) is 9.79. The SMILES string of the molecule is c1ccc(-n2cc(CN3CCC4(CCNC4)C3)c(-c3ccncc3)n2)cc1. The van der Waals surface area contributed by atoms with Crippen molar-refractivity contribution in [2.45, 2.75) is 19.4 Å². The Bertz CT molecular complexity index is 897. The van der Waals surface area contributed by atoms with E-state index in [-0.39, 0.29) is 0 Å². The average molecular weight is 359 g/mol. The van der Waals surface area contributed by atoms with Crippen LogP contribution >= 0.6 is 0 Å². The molecule has 5 rings (SSSR count). The van der Waals surface area contributed by atoms with Crippen molar-refractivity contribution >= 4 is 0 Å². The Labute approximate surface area is 160 Å². The first-order chi connectivity index (χ1) is 13.3. The molecule has 1 spiro atoms. The molecule has 3 aromatic rings. The molecular formula is C22H25N5. The number of pyridine rings is 1. The Kier molecular flexibility index (Phi) is 4.26. The minimum Gasteiger partial charge on any atom is -0.316 e. The van der Waals surface area contributed by atoms with Crippen molar-refractivity contribution in [3.05, 3.63) is 66.6 Å². The van der Waals surface area contributed by atoms with Crippen LogP contribution in [-0.4, -0.2) is 45.8 Å². The highest BCUT2D eigenvalue weighted by atomic mass is 15.3. The molecule has 138 valence electrons. The Balaban J connectivity index is 1.46. The third kappa shape index (κ3) is 3.29. The van der Waals surface area contributed by atoms with Gasteiger partial charge < -0.3 is 5.32 Å². The summed E-state index contributed by atoms with van der Waals surface area (Å²) in [6.07, 6.45) is 8.50. The maximum absolute atomic E-state index is 4.93. The van der Waals surface area contributed by atoms with Gasteiger partial charge in [0.15, 0.2) is 0 Å². The monoisotopic (exact) mass is 359 g/mol. The van der Waals surface area contributed by atoms with E-state index in [0.29, 0.717) is 5.41 Å². The van der Waals surface area contributed by atoms with Gasteiger partial charge in [-0.2, -0.15) is 5.10 Å². The highest BCUT2D eigenvalue weighted by molar-refractivity contribution is 5.62. The Morgan fingerprint density at radius 1 is 1.04 bits per heavy atom. The van der Waals surface area contributed by atoms with Crippen LogP contribution in [0.5, 0.6) is 0 Å². The molecule has 2 fully saturated rings. The molecule has 2 aromatic heterocycles. The van der Waals surface area contributed by atoms with Crippen LogP contribution in [0, 0.1) is 5.41 Å². The number of rotatable bonds is 4. The summed E-state index contributed by atoms with van der Waals surface area (Å²) >= 11 is 0. The first-order valence-corrected chi connectivity index (χ1v) is 9.79. The number of para-hydroxylation sites is 1. The summed E-state index contributed by atoms with van der Waals surface area (Å²) in [6, 6.07) is 14.4. The fraction of sp³-hybridized carbons (Fsp3) is 0.364. The maximum Gasteiger partial charge on any atom is 0.0973 e. The largest absolute Gasteiger partial charge is 0.316 e. The van der Waals surface area contributed by atoms with Crippen molar-refractivity contribution in [1.29, 1.82) is 0 Å². The number of likely N-dealkylation sites (tertiary alicyclic amines) is 1. The molecule has 2 aliphatic heterocycles. The summed E-state index contributed by atoms with van der Waals surface area (Å²) in [6.45, 7) is 5.65. The van der Waals surface area contributed by atoms with Crippen LogP contribution in [0.25, 0.3) is 16.9 Å². The normalized spacial score (nSPS) is 22.7. The van der Waals surface area contributed by atoms with E-state index >= 15 is 0 Å². The van der Waals surface area contributed by atoms with Crippen LogP contribution in [0.1, 0.15) is 18.4 Å². The predicted octanol–water partition coefficient (Wildman–Crippen LogP) is 3.12. The summed E-state index contributed by atoms with van der Waals surface area (Å²) in [4.78, 5) is 6.77. The molecular weight excluding hydrogens is 334 g/mol. The van der Waals surface area contributed by atoms with Crippen LogP contribution < -0.4 is 5.32 Å². The van der Waals surface area contributed by atoms with Crippen LogP contribution in [0.3, 0.4) is 0 Å². The van der Waals surface area contributed by atoms with Gasteiger partial charge in [-0.05, 0) is 55.6 Å². The topological polar surface area (TPSA) is 46.0 Å². The van der Waals surface area contributed by atoms with Crippen LogP contribution in [0.2, 0.25) is 0 Å². The molecule has 27 heavy (non-hydrogen) atoms. The maximum atomic E-state index is 4.93. The fourth-order valence-electron chi connectivity index (χ4n) is 4.54. The molecule has 1 aromatic carbocycles. The second kappa shape index (κ2) is 6.91. The summed E-state index contributed by atoms with van der Waals surface area (Å²) in [5.74, 6) is 0. The second-order valence-electron chi connectivity index (χ2n) is 7.91. The van der Waals surface area contributed by atoms with Gasteiger partial charge in [-0.1, -0.05) is 18.2 Å². The number of benzene rings is 1. The van der Waals surface area contributed by atoms with E-state index in [1.54, 1.807) is 0 Å². The number of hydrogen-bond acceptors (Lipinski definition) is 4. The quantitative estimate of drug-likeness (QED) is 0.777. The summed E-state index contributed by atoms with van der Waals surface area (Å²) in [7, 11) is 0. The summed E-state index contributed by atoms with van der Waals surface area (Å²) < 4.78 is 2.01. The molecule has 0 radical (unpaired) electrons. The van der Waals surface area contributed by atoms with Crippen molar-refractivity contribution in [1.82, 2.24) is 25.0 Å². The minimum atomic E-state index is 0.492.